The molecule has 28 heteroatoms. The highest BCUT2D eigenvalue weighted by molar-refractivity contribution is 7.99. The van der Waals surface area contributed by atoms with Gasteiger partial charge in [-0.3, -0.25) is 0 Å². The Morgan fingerprint density at radius 1 is 0.642 bits per heavy atom. The molecular formula is C39H41Cl2N13O6S7. The minimum Gasteiger partial charge on any atom is -0.372 e. The van der Waals surface area contributed by atoms with Crippen LogP contribution in [0.5, 0.6) is 0 Å². The van der Waals surface area contributed by atoms with Crippen LogP contribution in [0, 0.1) is 0 Å². The Morgan fingerprint density at radius 2 is 1.06 bits per heavy atom. The largest absolute Gasteiger partial charge is 0.425 e. The number of anilines is 6. The van der Waals surface area contributed by atoms with E-state index in [1.54, 1.807) is 11.8 Å². The van der Waals surface area contributed by atoms with Gasteiger partial charge in [0.15, 0.2) is 15.2 Å². The maximum absolute atomic E-state index is 8.44. The van der Waals surface area contributed by atoms with Crippen LogP contribution in [0.15, 0.2) is 72.8 Å². The number of hydrogen-bond acceptors (Lipinski definition) is 24. The molecule has 2 N–H and O–H groups in total. The number of nitrogens with one attached hydrogen (secondary N) is 2. The molecule has 1 fully saturated rings. The first kappa shape index (κ1) is 51.6. The van der Waals surface area contributed by atoms with E-state index in [0.717, 1.165) is 70.8 Å². The zero-order valence-electron chi connectivity index (χ0n) is 36.0. The second-order valence-corrected chi connectivity index (χ2v) is 20.1. The number of thioether (sulfide) groups is 1. The second-order valence-electron chi connectivity index (χ2n) is 14.0. The molecule has 8 rings (SSSR count). The van der Waals surface area contributed by atoms with Gasteiger partial charge in [0.1, 0.15) is 21.0 Å². The molecule has 19 nitrogen and oxygen atoms in total. The molecule has 0 atom stereocenters. The van der Waals surface area contributed by atoms with E-state index in [2.05, 4.69) is 91.4 Å². The Bertz CT molecular complexity index is 2890. The molecule has 0 amide bonds. The van der Waals surface area contributed by atoms with Crippen molar-refractivity contribution in [3.63, 3.8) is 0 Å². The Balaban J connectivity index is 0.000000858. The van der Waals surface area contributed by atoms with E-state index < -0.39 is 21.2 Å². The molecule has 0 spiro atoms. The highest BCUT2D eigenvalue weighted by Crippen LogP contribution is 2.44. The van der Waals surface area contributed by atoms with Crippen molar-refractivity contribution in [3.8, 4) is 0 Å². The molecule has 5 aromatic heterocycles. The van der Waals surface area contributed by atoms with E-state index in [9.17, 15) is 0 Å². The first-order valence-corrected chi connectivity index (χ1v) is 27.4. The van der Waals surface area contributed by atoms with Gasteiger partial charge in [-0.25, -0.2) is 0 Å². The first-order chi connectivity index (χ1) is 32.3. The lowest BCUT2D eigenvalue weighted by Gasteiger charge is -2.23. The molecular weight excluding hydrogens is 1040 g/mol. The van der Waals surface area contributed by atoms with Gasteiger partial charge in [-0.05, 0) is 100.0 Å². The fourth-order valence-electron chi connectivity index (χ4n) is 6.86. The number of benzene rings is 2. The summed E-state index contributed by atoms with van der Waals surface area (Å²) in [5.41, 5.74) is 4.69. The molecule has 0 aliphatic heterocycles. The molecule has 5 heterocycles. The van der Waals surface area contributed by atoms with E-state index in [0.29, 0.717) is 65.1 Å². The van der Waals surface area contributed by atoms with Crippen molar-refractivity contribution in [2.24, 2.45) is 20.5 Å². The Kier molecular flexibility index (Phi) is 19.2. The number of rotatable bonds is 16. The third kappa shape index (κ3) is 14.1. The monoisotopic (exact) mass is 1080 g/mol. The first-order valence-electron chi connectivity index (χ1n) is 20.5. The van der Waals surface area contributed by atoms with Crippen LogP contribution in [0.25, 0.3) is 20.4 Å². The fourth-order valence-corrected chi connectivity index (χ4v) is 12.1. The van der Waals surface area contributed by atoms with Gasteiger partial charge in [-0.15, -0.1) is 68.4 Å². The standard InChI is InChI=1S/C39H41Cl2N13S5.2O3S/c1-5-53(6-2)22-14-16-27(47-49-33-31-25(40)20-55-35(31)51-58-33)29(18-22)42-37-44-38(46-39(45-37)57-24-12-10-9-11-13-24)43-30-19-23(54(7-3)8-4)15-17-28(30)48-50-34-32-26(41)21-56-36(32)52-59-34;2*1-4(2)3/h14-21,24H,5-13H2,1-4H3,(H2,42,43,44,45,46);;. The number of azo groups is 2. The van der Waals surface area contributed by atoms with Crippen LogP contribution < -0.4 is 20.4 Å². The van der Waals surface area contributed by atoms with Crippen molar-refractivity contribution in [1.29, 1.82) is 0 Å². The van der Waals surface area contributed by atoms with E-state index in [-0.39, 0.29) is 0 Å². The molecule has 7 aromatic rings. The predicted octanol–water partition coefficient (Wildman–Crippen LogP) is 12.9. The topological polar surface area (TPSA) is 247 Å². The highest BCUT2D eigenvalue weighted by atomic mass is 35.5. The van der Waals surface area contributed by atoms with Crippen LogP contribution in [0.3, 0.4) is 0 Å². The average molecular weight is 1080 g/mol. The lowest BCUT2D eigenvalue weighted by atomic mass is 10.0. The average Bonchev–Trinajstić information content (AvgIpc) is 4.09. The summed E-state index contributed by atoms with van der Waals surface area (Å²) in [6, 6.07) is 12.2. The van der Waals surface area contributed by atoms with Gasteiger partial charge in [-0.2, -0.15) is 23.7 Å². The van der Waals surface area contributed by atoms with E-state index >= 15 is 0 Å². The Labute approximate surface area is 418 Å². The van der Waals surface area contributed by atoms with Gasteiger partial charge >= 0.3 is 21.2 Å². The van der Waals surface area contributed by atoms with Gasteiger partial charge in [0, 0.05) is 53.6 Å². The van der Waals surface area contributed by atoms with Crippen molar-refractivity contribution < 1.29 is 25.3 Å². The minimum absolute atomic E-state index is 0.372. The normalized spacial score (nSPS) is 12.8. The van der Waals surface area contributed by atoms with Crippen LogP contribution >= 0.6 is 80.7 Å². The second kappa shape index (κ2) is 25.0. The summed E-state index contributed by atoms with van der Waals surface area (Å²) in [6.45, 7) is 11.9. The molecule has 0 saturated heterocycles. The van der Waals surface area contributed by atoms with E-state index in [1.165, 1.54) is 65.0 Å². The van der Waals surface area contributed by atoms with Crippen molar-refractivity contribution >= 4 is 178 Å². The fraction of sp³-hybridized carbons (Fsp3) is 0.359. The number of thiophene rings is 2. The summed E-state index contributed by atoms with van der Waals surface area (Å²) >= 11 is 20.2. The predicted molar refractivity (Wildman–Crippen MR) is 272 cm³/mol. The van der Waals surface area contributed by atoms with Crippen LogP contribution in [-0.4, -0.2) is 80.4 Å². The van der Waals surface area contributed by atoms with Crippen LogP contribution in [-0.2, 0) is 21.2 Å². The summed E-state index contributed by atoms with van der Waals surface area (Å²) < 4.78 is 59.7. The zero-order chi connectivity index (χ0) is 48.0. The van der Waals surface area contributed by atoms with E-state index in [4.69, 9.17) is 73.6 Å². The van der Waals surface area contributed by atoms with Crippen LogP contribution in [0.4, 0.5) is 56.0 Å². The lowest BCUT2D eigenvalue weighted by molar-refractivity contribution is 0.515. The van der Waals surface area contributed by atoms with Crippen LogP contribution in [0.1, 0.15) is 59.8 Å². The summed E-state index contributed by atoms with van der Waals surface area (Å²) in [7, 11) is -6.22. The van der Waals surface area contributed by atoms with Crippen LogP contribution in [0.2, 0.25) is 10.0 Å². The minimum atomic E-state index is -3.11. The molecule has 1 saturated carbocycles. The number of nitrogens with zero attached hydrogens (tertiary/aromatic N) is 11. The summed E-state index contributed by atoms with van der Waals surface area (Å²) in [4.78, 5) is 21.2. The maximum atomic E-state index is 8.44. The summed E-state index contributed by atoms with van der Waals surface area (Å²) in [6.07, 6.45) is 5.89. The highest BCUT2D eigenvalue weighted by Gasteiger charge is 2.20. The van der Waals surface area contributed by atoms with Crippen molar-refractivity contribution in [1.82, 2.24) is 23.7 Å². The number of halogens is 2. The summed E-state index contributed by atoms with van der Waals surface area (Å²) in [5.74, 6) is 0.745. The zero-order valence-corrected chi connectivity index (χ0v) is 43.3. The van der Waals surface area contributed by atoms with Gasteiger partial charge < -0.3 is 20.4 Å². The SMILES string of the molecule is CCN(CC)c1ccc(N=Nc2snc3scc(Cl)c23)c(Nc2nc(Nc3cc(N(CC)CC)ccc3N=Nc3snc4scc(Cl)c34)nc(SC3CCCCC3)n2)c1.O=S(=O)=O.O=S(=O)=O. The quantitative estimate of drug-likeness (QED) is 0.0854. The third-order valence-electron chi connectivity index (χ3n) is 9.96. The summed E-state index contributed by atoms with van der Waals surface area (Å²) in [5, 5.41) is 34.7. The molecule has 354 valence electrons. The molecule has 1 aliphatic rings. The molecule has 0 bridgehead atoms. The van der Waals surface area contributed by atoms with Crippen molar-refractivity contribution in [2.75, 3.05) is 46.6 Å². The Morgan fingerprint density at radius 3 is 1.46 bits per heavy atom. The number of aromatic nitrogens is 5. The van der Waals surface area contributed by atoms with Crippen molar-refractivity contribution in [2.45, 2.75) is 70.2 Å². The smallest absolute Gasteiger partial charge is 0.372 e. The maximum Gasteiger partial charge on any atom is 0.425 e. The third-order valence-corrected chi connectivity index (χ3v) is 15.5. The van der Waals surface area contributed by atoms with Gasteiger partial charge in [0.2, 0.25) is 11.9 Å². The van der Waals surface area contributed by atoms with Gasteiger partial charge in [0.25, 0.3) is 0 Å². The molecule has 0 radical (unpaired) electrons. The van der Waals surface area contributed by atoms with Crippen molar-refractivity contribution in [3.05, 3.63) is 57.2 Å². The molecule has 0 unspecified atom stereocenters. The molecule has 2 aromatic carbocycles. The molecule has 67 heavy (non-hydrogen) atoms. The number of fused-ring (bicyclic) bond motifs is 2. The number of hydrogen-bond donors (Lipinski definition) is 2. The van der Waals surface area contributed by atoms with E-state index in [1.807, 2.05) is 22.9 Å². The molecule has 1 aliphatic carbocycles. The lowest BCUT2D eigenvalue weighted by Crippen LogP contribution is -2.21. The Hall–Kier alpha value is -4.80. The van der Waals surface area contributed by atoms with Gasteiger partial charge in [-0.1, -0.05) is 54.2 Å². The van der Waals surface area contributed by atoms with Gasteiger partial charge in [0.05, 0.1) is 32.2 Å².